The summed E-state index contributed by atoms with van der Waals surface area (Å²) in [5.41, 5.74) is 14.6. The Morgan fingerprint density at radius 1 is 0.279 bits per heavy atom. The summed E-state index contributed by atoms with van der Waals surface area (Å²) < 4.78 is 2.44. The van der Waals surface area contributed by atoms with E-state index in [4.69, 9.17) is 0 Å². The second-order valence-corrected chi connectivity index (χ2v) is 15.4. The molecule has 0 N–H and O–H groups in total. The lowest BCUT2D eigenvalue weighted by Crippen LogP contribution is -2.14. The molecule has 1 aromatic heterocycles. The van der Waals surface area contributed by atoms with Crippen LogP contribution in [-0.2, 0) is 0 Å². The lowest BCUT2D eigenvalue weighted by Gasteiger charge is -2.30. The molecule has 0 bridgehead atoms. The molecule has 10 aromatic carbocycles. The maximum Gasteiger partial charge on any atom is 0.0583 e. The SMILES string of the molecule is c1ccc(N(c2ccccc2)c2cc(N(c3ccccc3)c3ccccc3)c3c4ccccc4n(-c4ccc(-c5cccc(-c6ccc7ccccc7c6)c5)cc4)c3c2)cc1. The van der Waals surface area contributed by atoms with Crippen molar-refractivity contribution in [3.8, 4) is 27.9 Å². The molecule has 0 saturated heterocycles. The summed E-state index contributed by atoms with van der Waals surface area (Å²) in [6.45, 7) is 0. The third kappa shape index (κ3) is 6.69. The summed E-state index contributed by atoms with van der Waals surface area (Å²) in [7, 11) is 0. The van der Waals surface area contributed by atoms with E-state index in [-0.39, 0.29) is 0 Å². The number of hydrogen-bond acceptors (Lipinski definition) is 2. The highest BCUT2D eigenvalue weighted by Crippen LogP contribution is 2.48. The van der Waals surface area contributed by atoms with E-state index >= 15 is 0 Å². The Morgan fingerprint density at radius 2 is 0.770 bits per heavy atom. The Kier molecular flexibility index (Phi) is 9.18. The third-order valence-corrected chi connectivity index (χ3v) is 11.7. The van der Waals surface area contributed by atoms with E-state index in [1.54, 1.807) is 0 Å². The second kappa shape index (κ2) is 15.6. The summed E-state index contributed by atoms with van der Waals surface area (Å²) in [4.78, 5) is 4.77. The topological polar surface area (TPSA) is 11.4 Å². The smallest absolute Gasteiger partial charge is 0.0583 e. The molecule has 0 atom stereocenters. The van der Waals surface area contributed by atoms with Crippen LogP contribution in [0.15, 0.2) is 249 Å². The number of fused-ring (bicyclic) bond motifs is 4. The van der Waals surface area contributed by atoms with Gasteiger partial charge in [-0.2, -0.15) is 0 Å². The highest BCUT2D eigenvalue weighted by atomic mass is 15.2. The van der Waals surface area contributed by atoms with E-state index in [1.165, 1.54) is 43.8 Å². The normalized spacial score (nSPS) is 11.3. The molecule has 0 unspecified atom stereocenters. The zero-order chi connectivity index (χ0) is 40.5. The first-order valence-electron chi connectivity index (χ1n) is 20.8. The first-order chi connectivity index (χ1) is 30.3. The third-order valence-electron chi connectivity index (χ3n) is 11.7. The van der Waals surface area contributed by atoms with E-state index < -0.39 is 0 Å². The molecule has 288 valence electrons. The van der Waals surface area contributed by atoms with Crippen molar-refractivity contribution in [3.63, 3.8) is 0 Å². The summed E-state index contributed by atoms with van der Waals surface area (Å²) in [6.07, 6.45) is 0. The van der Waals surface area contributed by atoms with Gasteiger partial charge < -0.3 is 14.4 Å². The van der Waals surface area contributed by atoms with Gasteiger partial charge in [0.1, 0.15) is 0 Å². The lowest BCUT2D eigenvalue weighted by atomic mass is 9.97. The molecule has 0 saturated carbocycles. The van der Waals surface area contributed by atoms with Gasteiger partial charge in [0, 0.05) is 39.2 Å². The number of anilines is 6. The molecule has 1 heterocycles. The van der Waals surface area contributed by atoms with E-state index in [9.17, 15) is 0 Å². The van der Waals surface area contributed by atoms with Gasteiger partial charge in [-0.3, -0.25) is 0 Å². The van der Waals surface area contributed by atoms with Crippen molar-refractivity contribution in [2.75, 3.05) is 9.80 Å². The molecular formula is C58H41N3. The van der Waals surface area contributed by atoms with Crippen LogP contribution in [0.3, 0.4) is 0 Å². The highest BCUT2D eigenvalue weighted by molar-refractivity contribution is 6.18. The molecule has 0 aliphatic heterocycles. The standard InChI is InChI=1S/C58H41N3/c1-5-22-48(23-6-1)59(49-24-7-2-8-25-49)53-40-56(60(50-26-9-3-10-27-50)51-28-11-4-12-29-51)58-54-30-15-16-31-55(54)61(57(58)41-53)52-36-34-43(35-37-52)45-20-17-21-46(38-45)47-33-32-42-18-13-14-19-44(42)39-47/h1-41H. The van der Waals surface area contributed by atoms with Crippen LogP contribution in [0, 0.1) is 0 Å². The number of benzene rings is 10. The van der Waals surface area contributed by atoms with Crippen LogP contribution in [0.2, 0.25) is 0 Å². The average Bonchev–Trinajstić information content (AvgIpc) is 3.67. The predicted molar refractivity (Wildman–Crippen MR) is 259 cm³/mol. The van der Waals surface area contributed by atoms with Crippen LogP contribution < -0.4 is 9.80 Å². The molecule has 0 fully saturated rings. The van der Waals surface area contributed by atoms with Crippen LogP contribution >= 0.6 is 0 Å². The van der Waals surface area contributed by atoms with Crippen LogP contribution in [0.25, 0.3) is 60.5 Å². The first-order valence-corrected chi connectivity index (χ1v) is 20.8. The van der Waals surface area contributed by atoms with E-state index in [2.05, 4.69) is 263 Å². The zero-order valence-electron chi connectivity index (χ0n) is 33.5. The molecule has 0 spiro atoms. The van der Waals surface area contributed by atoms with Crippen LogP contribution in [0.5, 0.6) is 0 Å². The summed E-state index contributed by atoms with van der Waals surface area (Å²) >= 11 is 0. The van der Waals surface area contributed by atoms with E-state index in [0.717, 1.165) is 50.8 Å². The minimum absolute atomic E-state index is 1.06. The van der Waals surface area contributed by atoms with Gasteiger partial charge in [0.05, 0.1) is 22.4 Å². The number of aromatic nitrogens is 1. The molecule has 11 aromatic rings. The van der Waals surface area contributed by atoms with Gasteiger partial charge >= 0.3 is 0 Å². The Balaban J connectivity index is 1.13. The Bertz CT molecular complexity index is 3210. The minimum atomic E-state index is 1.06. The summed E-state index contributed by atoms with van der Waals surface area (Å²) in [5, 5.41) is 4.87. The molecule has 3 heteroatoms. The summed E-state index contributed by atoms with van der Waals surface area (Å²) in [5.74, 6) is 0. The molecule has 3 nitrogen and oxygen atoms in total. The Labute approximate surface area is 356 Å². The number of para-hydroxylation sites is 5. The van der Waals surface area contributed by atoms with Crippen LogP contribution in [0.4, 0.5) is 34.1 Å². The molecule has 0 aliphatic carbocycles. The zero-order valence-corrected chi connectivity index (χ0v) is 33.5. The Hall–Kier alpha value is -8.14. The van der Waals surface area contributed by atoms with Gasteiger partial charge in [-0.25, -0.2) is 0 Å². The number of hydrogen-bond donors (Lipinski definition) is 0. The fourth-order valence-corrected chi connectivity index (χ4v) is 8.88. The first kappa shape index (κ1) is 36.0. The van der Waals surface area contributed by atoms with Crippen LogP contribution in [0.1, 0.15) is 0 Å². The van der Waals surface area contributed by atoms with Gasteiger partial charge in [0.25, 0.3) is 0 Å². The van der Waals surface area contributed by atoms with Crippen molar-refractivity contribution in [2.24, 2.45) is 0 Å². The summed E-state index contributed by atoms with van der Waals surface area (Å²) in [6, 6.07) is 89.6. The quantitative estimate of drug-likeness (QED) is 0.145. The molecular weight excluding hydrogens is 739 g/mol. The minimum Gasteiger partial charge on any atom is -0.310 e. The van der Waals surface area contributed by atoms with Crippen molar-refractivity contribution < 1.29 is 0 Å². The largest absolute Gasteiger partial charge is 0.310 e. The monoisotopic (exact) mass is 779 g/mol. The molecule has 0 aliphatic rings. The molecule has 61 heavy (non-hydrogen) atoms. The predicted octanol–water partition coefficient (Wildman–Crippen LogP) is 16.2. The lowest BCUT2D eigenvalue weighted by molar-refractivity contribution is 1.17. The fraction of sp³-hybridized carbons (Fsp3) is 0. The van der Waals surface area contributed by atoms with Crippen molar-refractivity contribution >= 4 is 66.7 Å². The maximum atomic E-state index is 2.44. The molecule has 0 amide bonds. The van der Waals surface area contributed by atoms with Crippen molar-refractivity contribution in [1.82, 2.24) is 4.57 Å². The number of rotatable bonds is 9. The molecule has 0 radical (unpaired) electrons. The second-order valence-electron chi connectivity index (χ2n) is 15.4. The van der Waals surface area contributed by atoms with Crippen molar-refractivity contribution in [3.05, 3.63) is 249 Å². The van der Waals surface area contributed by atoms with Gasteiger partial charge in [-0.1, -0.05) is 158 Å². The molecule has 11 rings (SSSR count). The Morgan fingerprint density at radius 3 is 1.39 bits per heavy atom. The number of nitrogens with zero attached hydrogens (tertiary/aromatic N) is 3. The van der Waals surface area contributed by atoms with Gasteiger partial charge in [0.15, 0.2) is 0 Å². The maximum absolute atomic E-state index is 2.44. The fourth-order valence-electron chi connectivity index (χ4n) is 8.88. The van der Waals surface area contributed by atoms with Crippen molar-refractivity contribution in [1.29, 1.82) is 0 Å². The van der Waals surface area contributed by atoms with Gasteiger partial charge in [-0.05, 0) is 124 Å². The van der Waals surface area contributed by atoms with E-state index in [0.29, 0.717) is 0 Å². The van der Waals surface area contributed by atoms with Crippen LogP contribution in [-0.4, -0.2) is 4.57 Å². The van der Waals surface area contributed by atoms with E-state index in [1.807, 2.05) is 0 Å². The van der Waals surface area contributed by atoms with Gasteiger partial charge in [-0.15, -0.1) is 0 Å². The van der Waals surface area contributed by atoms with Gasteiger partial charge in [0.2, 0.25) is 0 Å². The van der Waals surface area contributed by atoms with Crippen molar-refractivity contribution in [2.45, 2.75) is 0 Å². The average molecular weight is 780 g/mol. The highest BCUT2D eigenvalue weighted by Gasteiger charge is 2.24.